The second-order valence-corrected chi connectivity index (χ2v) is 4.75. The molecule has 0 saturated carbocycles. The lowest BCUT2D eigenvalue weighted by atomic mass is 10.2. The van der Waals surface area contributed by atoms with Gasteiger partial charge in [0.05, 0.1) is 5.56 Å². The lowest BCUT2D eigenvalue weighted by molar-refractivity contribution is 1.29. The Morgan fingerprint density at radius 3 is 2.94 bits per heavy atom. The Balaban J connectivity index is 2.31. The topological polar surface area (TPSA) is 48.7 Å². The Morgan fingerprint density at radius 1 is 1.39 bits per heavy atom. The van der Waals surface area contributed by atoms with Crippen LogP contribution in [0, 0.1) is 11.3 Å². The summed E-state index contributed by atoms with van der Waals surface area (Å²) in [5.41, 5.74) is 1.31. The normalized spacial score (nSPS) is 9.83. The van der Waals surface area contributed by atoms with Gasteiger partial charge in [-0.25, -0.2) is 4.98 Å². The molecule has 1 heterocycles. The van der Waals surface area contributed by atoms with Crippen LogP contribution < -0.4 is 5.32 Å². The molecule has 5 heteroatoms. The minimum absolute atomic E-state index is 0.342. The first-order chi connectivity index (χ1) is 8.74. The van der Waals surface area contributed by atoms with Gasteiger partial charge in [-0.2, -0.15) is 5.26 Å². The van der Waals surface area contributed by atoms with Crippen molar-refractivity contribution in [3.63, 3.8) is 0 Å². The van der Waals surface area contributed by atoms with Crippen molar-refractivity contribution in [1.29, 1.82) is 5.26 Å². The molecular weight excluding hydrogens is 266 g/mol. The average Bonchev–Trinajstić information content (AvgIpc) is 2.41. The van der Waals surface area contributed by atoms with E-state index in [2.05, 4.69) is 10.3 Å². The van der Waals surface area contributed by atoms with Gasteiger partial charge >= 0.3 is 0 Å². The zero-order chi connectivity index (χ0) is 13.0. The van der Waals surface area contributed by atoms with Crippen LogP contribution in [-0.4, -0.2) is 11.2 Å². The third kappa shape index (κ3) is 2.76. The molecule has 0 fully saturated rings. The fraction of sp³-hybridized carbons (Fsp3) is 0.0769. The van der Waals surface area contributed by atoms with Crippen LogP contribution in [0.5, 0.6) is 0 Å². The Kier molecular flexibility index (Phi) is 4.08. The second-order valence-electron chi connectivity index (χ2n) is 3.49. The van der Waals surface area contributed by atoms with E-state index in [1.165, 1.54) is 0 Å². The van der Waals surface area contributed by atoms with Crippen LogP contribution in [-0.2, 0) is 0 Å². The van der Waals surface area contributed by atoms with Gasteiger partial charge in [0.2, 0.25) is 0 Å². The standard InChI is InChI=1S/C13H10ClN3S/c1-18-11-4-2-3-10(7-11)17-13-12(14)9(8-15)5-6-16-13/h2-7H,1H3,(H,16,17). The van der Waals surface area contributed by atoms with E-state index in [1.807, 2.05) is 36.6 Å². The first-order valence-corrected chi connectivity index (χ1v) is 6.80. The number of halogens is 1. The van der Waals surface area contributed by atoms with E-state index >= 15 is 0 Å². The maximum atomic E-state index is 8.90. The Labute approximate surface area is 115 Å². The molecule has 0 unspecified atom stereocenters. The molecule has 0 bridgehead atoms. The molecule has 0 atom stereocenters. The first-order valence-electron chi connectivity index (χ1n) is 5.20. The van der Waals surface area contributed by atoms with Gasteiger partial charge in [0.1, 0.15) is 11.1 Å². The number of thioether (sulfide) groups is 1. The van der Waals surface area contributed by atoms with Gasteiger partial charge in [0, 0.05) is 16.8 Å². The quantitative estimate of drug-likeness (QED) is 0.858. The smallest absolute Gasteiger partial charge is 0.150 e. The van der Waals surface area contributed by atoms with Crippen molar-refractivity contribution in [2.45, 2.75) is 4.90 Å². The van der Waals surface area contributed by atoms with Crippen LogP contribution in [0.4, 0.5) is 11.5 Å². The summed E-state index contributed by atoms with van der Waals surface area (Å²) in [6.07, 6.45) is 3.58. The number of hydrogen-bond acceptors (Lipinski definition) is 4. The molecule has 0 amide bonds. The molecule has 1 N–H and O–H groups in total. The highest BCUT2D eigenvalue weighted by Gasteiger charge is 2.07. The number of hydrogen-bond donors (Lipinski definition) is 1. The third-order valence-corrected chi connectivity index (χ3v) is 3.45. The molecule has 0 aliphatic heterocycles. The first kappa shape index (κ1) is 12.7. The number of nitrogens with zero attached hydrogens (tertiary/aromatic N) is 2. The van der Waals surface area contributed by atoms with Crippen molar-refractivity contribution in [3.8, 4) is 6.07 Å². The summed E-state index contributed by atoms with van der Waals surface area (Å²) in [5, 5.41) is 12.4. The van der Waals surface area contributed by atoms with Crippen LogP contribution >= 0.6 is 23.4 Å². The van der Waals surface area contributed by atoms with Crippen LogP contribution in [0.3, 0.4) is 0 Å². The van der Waals surface area contributed by atoms with Gasteiger partial charge in [-0.1, -0.05) is 17.7 Å². The molecule has 0 aliphatic carbocycles. The Bertz CT molecular complexity index is 607. The second kappa shape index (κ2) is 5.76. The van der Waals surface area contributed by atoms with Crippen LogP contribution in [0.1, 0.15) is 5.56 Å². The minimum Gasteiger partial charge on any atom is -0.339 e. The molecule has 0 saturated heterocycles. The zero-order valence-electron chi connectivity index (χ0n) is 9.64. The monoisotopic (exact) mass is 275 g/mol. The average molecular weight is 276 g/mol. The van der Waals surface area contributed by atoms with Gasteiger partial charge in [0.25, 0.3) is 0 Å². The maximum Gasteiger partial charge on any atom is 0.150 e. The van der Waals surface area contributed by atoms with Crippen molar-refractivity contribution >= 4 is 34.9 Å². The van der Waals surface area contributed by atoms with Gasteiger partial charge in [-0.3, -0.25) is 0 Å². The van der Waals surface area contributed by atoms with Crippen molar-refractivity contribution in [1.82, 2.24) is 4.98 Å². The summed E-state index contributed by atoms with van der Waals surface area (Å²) in [5.74, 6) is 0.494. The summed E-state index contributed by atoms with van der Waals surface area (Å²) in [7, 11) is 0. The highest BCUT2D eigenvalue weighted by Crippen LogP contribution is 2.27. The highest BCUT2D eigenvalue weighted by molar-refractivity contribution is 7.98. The Morgan fingerprint density at radius 2 is 2.22 bits per heavy atom. The maximum absolute atomic E-state index is 8.90. The van der Waals surface area contributed by atoms with E-state index in [4.69, 9.17) is 16.9 Å². The lowest BCUT2D eigenvalue weighted by Gasteiger charge is -2.08. The van der Waals surface area contributed by atoms with E-state index in [9.17, 15) is 0 Å². The molecular formula is C13H10ClN3S. The lowest BCUT2D eigenvalue weighted by Crippen LogP contribution is -1.95. The molecule has 2 aromatic rings. The Hall–Kier alpha value is -1.70. The van der Waals surface area contributed by atoms with E-state index in [-0.39, 0.29) is 0 Å². The predicted molar refractivity (Wildman–Crippen MR) is 75.5 cm³/mol. The number of aromatic nitrogens is 1. The summed E-state index contributed by atoms with van der Waals surface area (Å²) in [6, 6.07) is 11.5. The van der Waals surface area contributed by atoms with E-state index in [0.29, 0.717) is 16.4 Å². The van der Waals surface area contributed by atoms with Gasteiger partial charge in [0.15, 0.2) is 5.82 Å². The van der Waals surface area contributed by atoms with Crippen molar-refractivity contribution in [2.75, 3.05) is 11.6 Å². The molecule has 1 aromatic heterocycles. The summed E-state index contributed by atoms with van der Waals surface area (Å²) in [6.45, 7) is 0. The number of nitrogens with one attached hydrogen (secondary N) is 1. The SMILES string of the molecule is CSc1cccc(Nc2nccc(C#N)c2Cl)c1. The largest absolute Gasteiger partial charge is 0.339 e. The van der Waals surface area contributed by atoms with Crippen LogP contribution in [0.15, 0.2) is 41.4 Å². The van der Waals surface area contributed by atoms with Crippen LogP contribution in [0.2, 0.25) is 5.02 Å². The van der Waals surface area contributed by atoms with Crippen LogP contribution in [0.25, 0.3) is 0 Å². The molecule has 0 spiro atoms. The molecule has 3 nitrogen and oxygen atoms in total. The van der Waals surface area contributed by atoms with Gasteiger partial charge in [-0.15, -0.1) is 11.8 Å². The summed E-state index contributed by atoms with van der Waals surface area (Å²) >= 11 is 7.74. The summed E-state index contributed by atoms with van der Waals surface area (Å²) in [4.78, 5) is 5.28. The van der Waals surface area contributed by atoms with Gasteiger partial charge < -0.3 is 5.32 Å². The minimum atomic E-state index is 0.342. The number of anilines is 2. The molecule has 0 aliphatic rings. The fourth-order valence-corrected chi connectivity index (χ4v) is 2.12. The van der Waals surface area contributed by atoms with Gasteiger partial charge in [-0.05, 0) is 30.5 Å². The fourth-order valence-electron chi connectivity index (χ4n) is 1.45. The molecule has 2 rings (SSSR count). The predicted octanol–water partition coefficient (Wildman–Crippen LogP) is 4.07. The number of pyridine rings is 1. The highest BCUT2D eigenvalue weighted by atomic mass is 35.5. The molecule has 1 aromatic carbocycles. The molecule has 18 heavy (non-hydrogen) atoms. The zero-order valence-corrected chi connectivity index (χ0v) is 11.2. The number of nitriles is 1. The molecule has 0 radical (unpaired) electrons. The number of benzene rings is 1. The van der Waals surface area contributed by atoms with E-state index in [1.54, 1.807) is 24.0 Å². The van der Waals surface area contributed by atoms with Crippen molar-refractivity contribution in [3.05, 3.63) is 47.1 Å². The number of rotatable bonds is 3. The third-order valence-electron chi connectivity index (χ3n) is 2.34. The van der Waals surface area contributed by atoms with Crippen molar-refractivity contribution < 1.29 is 0 Å². The van der Waals surface area contributed by atoms with Crippen molar-refractivity contribution in [2.24, 2.45) is 0 Å². The van der Waals surface area contributed by atoms with E-state index < -0.39 is 0 Å². The molecule has 90 valence electrons. The van der Waals surface area contributed by atoms with E-state index in [0.717, 1.165) is 10.6 Å². The summed E-state index contributed by atoms with van der Waals surface area (Å²) < 4.78 is 0.